The molecule has 3 rings (SSSR count). The highest BCUT2D eigenvalue weighted by molar-refractivity contribution is 9.10. The standard InChI is InChI=1S/C18H22BrN3O4S/c1-13(14-3-5-17(25-2)16(19)11-14)21-18-6-4-15(12-20-18)27(23,24)22-7-9-26-10-8-22/h3-6,11-13H,7-10H2,1-2H3,(H,20,21)/t13-/m1/s1. The molecule has 0 radical (unpaired) electrons. The van der Waals surface area contributed by atoms with Crippen molar-refractivity contribution in [3.05, 3.63) is 46.6 Å². The average molecular weight is 456 g/mol. The number of methoxy groups -OCH3 is 1. The van der Waals surface area contributed by atoms with E-state index in [2.05, 4.69) is 26.2 Å². The minimum Gasteiger partial charge on any atom is -0.496 e. The van der Waals surface area contributed by atoms with Crippen molar-refractivity contribution in [3.8, 4) is 5.75 Å². The van der Waals surface area contributed by atoms with Gasteiger partial charge in [-0.05, 0) is 52.7 Å². The van der Waals surface area contributed by atoms with Crippen LogP contribution in [0.3, 0.4) is 0 Å². The van der Waals surface area contributed by atoms with Gasteiger partial charge in [-0.3, -0.25) is 0 Å². The van der Waals surface area contributed by atoms with Crippen LogP contribution in [0.1, 0.15) is 18.5 Å². The van der Waals surface area contributed by atoms with E-state index in [1.807, 2.05) is 25.1 Å². The number of anilines is 1. The van der Waals surface area contributed by atoms with Crippen LogP contribution < -0.4 is 10.1 Å². The lowest BCUT2D eigenvalue weighted by Gasteiger charge is -2.26. The summed E-state index contributed by atoms with van der Waals surface area (Å²) in [6.07, 6.45) is 1.39. The number of pyridine rings is 1. The SMILES string of the molecule is COc1ccc([C@@H](C)Nc2ccc(S(=O)(=O)N3CCOCC3)cn2)cc1Br. The first-order chi connectivity index (χ1) is 12.9. The summed E-state index contributed by atoms with van der Waals surface area (Å²) in [5.74, 6) is 1.37. The molecule has 0 unspecified atom stereocenters. The van der Waals surface area contributed by atoms with Crippen molar-refractivity contribution in [2.24, 2.45) is 0 Å². The van der Waals surface area contributed by atoms with Gasteiger partial charge >= 0.3 is 0 Å². The third-order valence-corrected chi connectivity index (χ3v) is 6.89. The number of morpholine rings is 1. The number of aromatic nitrogens is 1. The van der Waals surface area contributed by atoms with Gasteiger partial charge in [0, 0.05) is 25.3 Å². The van der Waals surface area contributed by atoms with Gasteiger partial charge in [-0.1, -0.05) is 6.07 Å². The number of halogens is 1. The summed E-state index contributed by atoms with van der Waals surface area (Å²) in [6.45, 7) is 3.58. The van der Waals surface area contributed by atoms with Crippen molar-refractivity contribution in [2.75, 3.05) is 38.7 Å². The maximum absolute atomic E-state index is 12.6. The van der Waals surface area contributed by atoms with E-state index in [0.29, 0.717) is 32.1 Å². The van der Waals surface area contributed by atoms with E-state index in [9.17, 15) is 8.42 Å². The summed E-state index contributed by atoms with van der Waals surface area (Å²) in [6, 6.07) is 9.09. The third kappa shape index (κ3) is 4.60. The Kier molecular flexibility index (Phi) is 6.36. The highest BCUT2D eigenvalue weighted by Gasteiger charge is 2.26. The second-order valence-electron chi connectivity index (χ2n) is 6.16. The fourth-order valence-corrected chi connectivity index (χ4v) is 4.72. The number of ether oxygens (including phenoxy) is 2. The molecule has 1 fully saturated rings. The van der Waals surface area contributed by atoms with Gasteiger partial charge in [-0.15, -0.1) is 0 Å². The molecular weight excluding hydrogens is 434 g/mol. The summed E-state index contributed by atoms with van der Waals surface area (Å²) >= 11 is 3.48. The molecule has 1 saturated heterocycles. The first-order valence-electron chi connectivity index (χ1n) is 8.56. The van der Waals surface area contributed by atoms with Gasteiger partial charge in [-0.25, -0.2) is 13.4 Å². The van der Waals surface area contributed by atoms with Gasteiger partial charge in [0.25, 0.3) is 0 Å². The van der Waals surface area contributed by atoms with Crippen LogP contribution in [0.4, 0.5) is 5.82 Å². The second-order valence-corrected chi connectivity index (χ2v) is 8.95. The van der Waals surface area contributed by atoms with Crippen molar-refractivity contribution in [3.63, 3.8) is 0 Å². The quantitative estimate of drug-likeness (QED) is 0.720. The van der Waals surface area contributed by atoms with Crippen LogP contribution in [0.25, 0.3) is 0 Å². The summed E-state index contributed by atoms with van der Waals surface area (Å²) in [5, 5.41) is 3.28. The Morgan fingerprint density at radius 3 is 2.59 bits per heavy atom. The molecule has 0 spiro atoms. The van der Waals surface area contributed by atoms with E-state index >= 15 is 0 Å². The molecule has 7 nitrogen and oxygen atoms in total. The Morgan fingerprint density at radius 1 is 1.26 bits per heavy atom. The Labute approximate surface area is 167 Å². The maximum atomic E-state index is 12.6. The number of benzene rings is 1. The van der Waals surface area contributed by atoms with Crippen LogP contribution in [0, 0.1) is 0 Å². The molecule has 0 aliphatic carbocycles. The van der Waals surface area contributed by atoms with Gasteiger partial charge in [0.05, 0.1) is 24.8 Å². The predicted octanol–water partition coefficient (Wildman–Crippen LogP) is 3.05. The Bertz CT molecular complexity index is 884. The molecule has 1 aliphatic heterocycles. The summed E-state index contributed by atoms with van der Waals surface area (Å²) in [4.78, 5) is 4.47. The number of hydrogen-bond donors (Lipinski definition) is 1. The Morgan fingerprint density at radius 2 is 2.00 bits per heavy atom. The highest BCUT2D eigenvalue weighted by Crippen LogP contribution is 2.29. The highest BCUT2D eigenvalue weighted by atomic mass is 79.9. The topological polar surface area (TPSA) is 80.8 Å². The van der Waals surface area contributed by atoms with Crippen LogP contribution in [0.2, 0.25) is 0 Å². The van der Waals surface area contributed by atoms with Gasteiger partial charge in [-0.2, -0.15) is 4.31 Å². The van der Waals surface area contributed by atoms with E-state index in [0.717, 1.165) is 15.8 Å². The predicted molar refractivity (Wildman–Crippen MR) is 107 cm³/mol. The number of hydrogen-bond acceptors (Lipinski definition) is 6. The number of sulfonamides is 1. The van der Waals surface area contributed by atoms with Crippen LogP contribution in [-0.4, -0.2) is 51.1 Å². The molecular formula is C18H22BrN3O4S. The monoisotopic (exact) mass is 455 g/mol. The third-order valence-electron chi connectivity index (χ3n) is 4.38. The summed E-state index contributed by atoms with van der Waals surface area (Å²) in [5.41, 5.74) is 1.05. The second kappa shape index (κ2) is 8.55. The van der Waals surface area contributed by atoms with Gasteiger partial charge < -0.3 is 14.8 Å². The van der Waals surface area contributed by atoms with Crippen molar-refractivity contribution >= 4 is 31.8 Å². The maximum Gasteiger partial charge on any atom is 0.244 e. The first kappa shape index (κ1) is 20.1. The zero-order valence-corrected chi connectivity index (χ0v) is 17.6. The van der Waals surface area contributed by atoms with E-state index in [1.165, 1.54) is 10.5 Å². The zero-order valence-electron chi connectivity index (χ0n) is 15.2. The molecule has 1 N–H and O–H groups in total. The smallest absolute Gasteiger partial charge is 0.244 e. The zero-order chi connectivity index (χ0) is 19.4. The minimum atomic E-state index is -3.53. The average Bonchev–Trinajstić information content (AvgIpc) is 2.69. The molecule has 1 aromatic carbocycles. The molecule has 9 heteroatoms. The number of nitrogens with one attached hydrogen (secondary N) is 1. The van der Waals surface area contributed by atoms with Crippen molar-refractivity contribution in [1.82, 2.24) is 9.29 Å². The minimum absolute atomic E-state index is 0.0126. The van der Waals surface area contributed by atoms with Crippen LogP contribution >= 0.6 is 15.9 Å². The molecule has 146 valence electrons. The molecule has 0 amide bonds. The molecule has 1 aromatic heterocycles. The lowest BCUT2D eigenvalue weighted by atomic mass is 10.1. The van der Waals surface area contributed by atoms with Crippen molar-refractivity contribution in [1.29, 1.82) is 0 Å². The van der Waals surface area contributed by atoms with E-state index in [-0.39, 0.29) is 10.9 Å². The van der Waals surface area contributed by atoms with E-state index < -0.39 is 10.0 Å². The normalized spacial score (nSPS) is 16.7. The van der Waals surface area contributed by atoms with Gasteiger partial charge in [0.1, 0.15) is 16.5 Å². The van der Waals surface area contributed by atoms with Crippen molar-refractivity contribution in [2.45, 2.75) is 17.9 Å². The number of nitrogens with zero attached hydrogens (tertiary/aromatic N) is 2. The van der Waals surface area contributed by atoms with E-state index in [1.54, 1.807) is 19.2 Å². The first-order valence-corrected chi connectivity index (χ1v) is 10.8. The molecule has 2 heterocycles. The van der Waals surface area contributed by atoms with Crippen LogP contribution in [-0.2, 0) is 14.8 Å². The van der Waals surface area contributed by atoms with Crippen LogP contribution in [0.15, 0.2) is 45.9 Å². The van der Waals surface area contributed by atoms with E-state index in [4.69, 9.17) is 9.47 Å². The fourth-order valence-electron chi connectivity index (χ4n) is 2.81. The molecule has 1 aliphatic rings. The number of rotatable bonds is 6. The molecule has 27 heavy (non-hydrogen) atoms. The molecule has 1 atom stereocenters. The lowest BCUT2D eigenvalue weighted by molar-refractivity contribution is 0.0730. The summed E-state index contributed by atoms with van der Waals surface area (Å²) < 4.78 is 38.0. The van der Waals surface area contributed by atoms with Gasteiger partial charge in [0.2, 0.25) is 10.0 Å². The van der Waals surface area contributed by atoms with Crippen LogP contribution in [0.5, 0.6) is 5.75 Å². The van der Waals surface area contributed by atoms with Gasteiger partial charge in [0.15, 0.2) is 0 Å². The summed E-state index contributed by atoms with van der Waals surface area (Å²) in [7, 11) is -1.91. The Balaban J connectivity index is 1.71. The lowest BCUT2D eigenvalue weighted by Crippen LogP contribution is -2.40. The fraction of sp³-hybridized carbons (Fsp3) is 0.389. The molecule has 0 bridgehead atoms. The largest absolute Gasteiger partial charge is 0.496 e. The molecule has 0 saturated carbocycles. The molecule has 2 aromatic rings. The Hall–Kier alpha value is -1.68. The van der Waals surface area contributed by atoms with Crippen molar-refractivity contribution < 1.29 is 17.9 Å².